The summed E-state index contributed by atoms with van der Waals surface area (Å²) in [5.74, 6) is 1.04. The lowest BCUT2D eigenvalue weighted by atomic mass is 9.76. The lowest BCUT2D eigenvalue weighted by Gasteiger charge is -2.26. The smallest absolute Gasteiger partial charge is 0.170 e. The van der Waals surface area contributed by atoms with Gasteiger partial charge in [0, 0.05) is 17.5 Å². The molecule has 1 heterocycles. The largest absolute Gasteiger partial charge is 0.456 e. The number of carbonyl (C=O) groups is 1. The molecule has 1 aliphatic heterocycles. The van der Waals surface area contributed by atoms with Crippen LogP contribution in [0, 0.1) is 5.41 Å². The molecule has 1 saturated heterocycles. The van der Waals surface area contributed by atoms with Crippen molar-refractivity contribution in [2.45, 2.75) is 26.2 Å². The van der Waals surface area contributed by atoms with E-state index in [4.69, 9.17) is 16.3 Å². The van der Waals surface area contributed by atoms with Gasteiger partial charge in [0.05, 0.1) is 5.02 Å². The van der Waals surface area contributed by atoms with Gasteiger partial charge < -0.3 is 10.1 Å². The molecule has 1 aromatic rings. The zero-order valence-electron chi connectivity index (χ0n) is 14.1. The molecule has 0 aromatic heterocycles. The number of ether oxygens (including phenoxy) is 1. The third kappa shape index (κ3) is 4.16. The van der Waals surface area contributed by atoms with E-state index in [0.29, 0.717) is 22.1 Å². The van der Waals surface area contributed by atoms with Gasteiger partial charge >= 0.3 is 0 Å². The highest BCUT2D eigenvalue weighted by atomic mass is 35.5. The normalized spacial score (nSPS) is 20.2. The van der Waals surface area contributed by atoms with E-state index < -0.39 is 0 Å². The summed E-state index contributed by atoms with van der Waals surface area (Å²) in [6.45, 7) is 11.1. The van der Waals surface area contributed by atoms with Crippen molar-refractivity contribution in [3.05, 3.63) is 65.9 Å². The first-order valence-corrected chi connectivity index (χ1v) is 8.61. The minimum Gasteiger partial charge on any atom is -0.456 e. The van der Waals surface area contributed by atoms with Crippen molar-refractivity contribution in [2.75, 3.05) is 13.1 Å². The van der Waals surface area contributed by atoms with E-state index in [1.54, 1.807) is 36.4 Å². The molecule has 1 fully saturated rings. The number of carbonyl (C=O) groups excluding carboxylic acids is 1. The van der Waals surface area contributed by atoms with Crippen LogP contribution in [0.3, 0.4) is 0 Å². The van der Waals surface area contributed by atoms with Gasteiger partial charge in [-0.2, -0.15) is 0 Å². The molecule has 0 spiro atoms. The molecule has 3 nitrogen and oxygen atoms in total. The van der Waals surface area contributed by atoms with Gasteiger partial charge in [-0.05, 0) is 43.7 Å². The minimum absolute atomic E-state index is 0.156. The second kappa shape index (κ2) is 8.32. The Bertz CT molecular complexity index is 658. The number of hydrogen-bond donors (Lipinski definition) is 1. The summed E-state index contributed by atoms with van der Waals surface area (Å²) < 4.78 is 5.66. The van der Waals surface area contributed by atoms with Crippen molar-refractivity contribution in [3.8, 4) is 5.75 Å². The SMILES string of the molecule is C=C/C=C\C(=C)Oc1cc(C(=O)C2(CCC)CCNC2)ccc1Cl. The first-order chi connectivity index (χ1) is 11.5. The second-order valence-corrected chi connectivity index (χ2v) is 6.50. The lowest BCUT2D eigenvalue weighted by Crippen LogP contribution is -2.33. The van der Waals surface area contributed by atoms with Gasteiger partial charge in [0.25, 0.3) is 0 Å². The quantitative estimate of drug-likeness (QED) is 0.412. The number of halogens is 1. The summed E-state index contributed by atoms with van der Waals surface area (Å²) in [6, 6.07) is 5.19. The van der Waals surface area contributed by atoms with E-state index in [2.05, 4.69) is 25.4 Å². The summed E-state index contributed by atoms with van der Waals surface area (Å²) >= 11 is 6.20. The van der Waals surface area contributed by atoms with Crippen molar-refractivity contribution in [1.29, 1.82) is 0 Å². The van der Waals surface area contributed by atoms with Crippen LogP contribution in [0.15, 0.2) is 55.3 Å². The van der Waals surface area contributed by atoms with Crippen LogP contribution in [0.25, 0.3) is 0 Å². The highest BCUT2D eigenvalue weighted by molar-refractivity contribution is 6.32. The van der Waals surface area contributed by atoms with Gasteiger partial charge in [-0.3, -0.25) is 4.79 Å². The maximum atomic E-state index is 13.1. The van der Waals surface area contributed by atoms with Crippen LogP contribution in [0.4, 0.5) is 0 Å². The third-order valence-electron chi connectivity index (χ3n) is 4.31. The maximum Gasteiger partial charge on any atom is 0.170 e. The Morgan fingerprint density at radius 3 is 2.92 bits per heavy atom. The molecular weight excluding hydrogens is 322 g/mol. The van der Waals surface area contributed by atoms with E-state index in [-0.39, 0.29) is 11.2 Å². The Balaban J connectivity index is 2.26. The number of allylic oxidation sites excluding steroid dienone is 3. The molecule has 24 heavy (non-hydrogen) atoms. The topological polar surface area (TPSA) is 38.3 Å². The molecule has 0 bridgehead atoms. The van der Waals surface area contributed by atoms with Crippen molar-refractivity contribution >= 4 is 17.4 Å². The molecule has 128 valence electrons. The standard InChI is InChI=1S/C20H24ClNO2/c1-4-6-7-15(3)24-18-13-16(8-9-17(18)21)19(23)20(10-5-2)11-12-22-14-20/h4,6-9,13,22H,1,3,5,10-12,14H2,2H3/b7-6-. The molecule has 2 rings (SSSR count). The number of ketones is 1. The Hall–Kier alpha value is -1.84. The number of rotatable bonds is 8. The van der Waals surface area contributed by atoms with Crippen LogP contribution in [0.1, 0.15) is 36.5 Å². The van der Waals surface area contributed by atoms with E-state index in [1.807, 2.05) is 0 Å². The second-order valence-electron chi connectivity index (χ2n) is 6.09. The highest BCUT2D eigenvalue weighted by Gasteiger charge is 2.40. The Morgan fingerprint density at radius 1 is 1.50 bits per heavy atom. The zero-order valence-corrected chi connectivity index (χ0v) is 14.9. The number of benzene rings is 1. The molecule has 1 aromatic carbocycles. The summed E-state index contributed by atoms with van der Waals surface area (Å²) in [5.41, 5.74) is 0.312. The van der Waals surface area contributed by atoms with Gasteiger partial charge in [0.15, 0.2) is 5.78 Å². The van der Waals surface area contributed by atoms with Crippen LogP contribution < -0.4 is 10.1 Å². The highest BCUT2D eigenvalue weighted by Crippen LogP contribution is 2.37. The first kappa shape index (κ1) is 18.5. The number of nitrogens with one attached hydrogen (secondary N) is 1. The maximum absolute atomic E-state index is 13.1. The minimum atomic E-state index is -0.320. The van der Waals surface area contributed by atoms with Gasteiger partial charge in [0.2, 0.25) is 0 Å². The van der Waals surface area contributed by atoms with Crippen molar-refractivity contribution in [1.82, 2.24) is 5.32 Å². The summed E-state index contributed by atoms with van der Waals surface area (Å²) in [7, 11) is 0. The molecule has 1 N–H and O–H groups in total. The molecule has 0 saturated carbocycles. The first-order valence-electron chi connectivity index (χ1n) is 8.23. The van der Waals surface area contributed by atoms with E-state index in [1.165, 1.54) is 0 Å². The van der Waals surface area contributed by atoms with Gasteiger partial charge in [-0.15, -0.1) is 0 Å². The van der Waals surface area contributed by atoms with Gasteiger partial charge in [0.1, 0.15) is 11.5 Å². The molecule has 0 aliphatic carbocycles. The zero-order chi connectivity index (χ0) is 17.6. The molecule has 1 unspecified atom stereocenters. The van der Waals surface area contributed by atoms with Crippen LogP contribution in [0.2, 0.25) is 5.02 Å². The van der Waals surface area contributed by atoms with Crippen LogP contribution >= 0.6 is 11.6 Å². The third-order valence-corrected chi connectivity index (χ3v) is 4.62. The lowest BCUT2D eigenvalue weighted by molar-refractivity contribution is 0.0801. The average Bonchev–Trinajstić information content (AvgIpc) is 3.04. The summed E-state index contributed by atoms with van der Waals surface area (Å²) in [5, 5.41) is 3.77. The molecule has 0 radical (unpaired) electrons. The predicted molar refractivity (Wildman–Crippen MR) is 99.7 cm³/mol. The Morgan fingerprint density at radius 2 is 2.29 bits per heavy atom. The van der Waals surface area contributed by atoms with E-state index in [9.17, 15) is 4.79 Å². The fourth-order valence-corrected chi connectivity index (χ4v) is 3.28. The number of Topliss-reactive ketones (excluding diaryl/α,β-unsaturated/α-hetero) is 1. The van der Waals surface area contributed by atoms with Crippen molar-refractivity contribution < 1.29 is 9.53 Å². The van der Waals surface area contributed by atoms with E-state index >= 15 is 0 Å². The number of hydrogen-bond acceptors (Lipinski definition) is 3. The summed E-state index contributed by atoms with van der Waals surface area (Å²) in [4.78, 5) is 13.1. The monoisotopic (exact) mass is 345 g/mol. The average molecular weight is 346 g/mol. The fourth-order valence-electron chi connectivity index (χ4n) is 3.12. The van der Waals surface area contributed by atoms with E-state index in [0.717, 1.165) is 32.4 Å². The van der Waals surface area contributed by atoms with Crippen LogP contribution in [0.5, 0.6) is 5.75 Å². The fraction of sp³-hybridized carbons (Fsp3) is 0.350. The molecule has 4 heteroatoms. The molecule has 0 amide bonds. The van der Waals surface area contributed by atoms with Crippen molar-refractivity contribution in [3.63, 3.8) is 0 Å². The van der Waals surface area contributed by atoms with Crippen molar-refractivity contribution in [2.24, 2.45) is 5.41 Å². The van der Waals surface area contributed by atoms with Crippen LogP contribution in [-0.4, -0.2) is 18.9 Å². The van der Waals surface area contributed by atoms with Gasteiger partial charge in [-0.25, -0.2) is 0 Å². The Labute approximate surface area is 149 Å². The summed E-state index contributed by atoms with van der Waals surface area (Å²) in [6.07, 6.45) is 7.79. The van der Waals surface area contributed by atoms with Crippen LogP contribution in [-0.2, 0) is 0 Å². The molecule has 1 aliphatic rings. The van der Waals surface area contributed by atoms with Gasteiger partial charge in [-0.1, -0.05) is 50.3 Å². The Kier molecular flexibility index (Phi) is 6.41. The predicted octanol–water partition coefficient (Wildman–Crippen LogP) is 4.94. The molecule has 1 atom stereocenters. The molecular formula is C20H24ClNO2.